The highest BCUT2D eigenvalue weighted by Gasteiger charge is 2.19. The number of hydrogen-bond donors (Lipinski definition) is 1. The van der Waals surface area contributed by atoms with Crippen LogP contribution in [0.5, 0.6) is 0 Å². The molecule has 0 unspecified atom stereocenters. The van der Waals surface area contributed by atoms with Gasteiger partial charge < -0.3 is 10.1 Å². The van der Waals surface area contributed by atoms with Gasteiger partial charge in [-0.1, -0.05) is 6.07 Å². The van der Waals surface area contributed by atoms with Gasteiger partial charge in [0, 0.05) is 12.7 Å². The molecule has 0 saturated carbocycles. The Morgan fingerprint density at radius 1 is 1.27 bits per heavy atom. The van der Waals surface area contributed by atoms with Crippen molar-refractivity contribution < 1.29 is 9.53 Å². The third-order valence-electron chi connectivity index (χ3n) is 3.93. The fraction of sp³-hybridized carbons (Fsp3) is 0.312. The molecule has 1 amide bonds. The van der Waals surface area contributed by atoms with Crippen molar-refractivity contribution in [3.8, 4) is 0 Å². The van der Waals surface area contributed by atoms with E-state index in [1.54, 1.807) is 13.8 Å². The number of aromatic nitrogens is 2. The van der Waals surface area contributed by atoms with Crippen LogP contribution in [-0.2, 0) is 25.0 Å². The van der Waals surface area contributed by atoms with E-state index in [0.29, 0.717) is 30.2 Å². The molecule has 2 aromatic rings. The number of aryl methyl sites for hydroxylation is 2. The Morgan fingerprint density at radius 3 is 2.77 bits per heavy atom. The highest BCUT2D eigenvalue weighted by atomic mass is 16.5. The fourth-order valence-electron chi connectivity index (χ4n) is 2.56. The molecule has 1 aromatic carbocycles. The maximum atomic E-state index is 12.5. The first kappa shape index (κ1) is 14.5. The normalized spacial score (nSPS) is 13.0. The lowest BCUT2D eigenvalue weighted by molar-refractivity contribution is 0.102. The largest absolute Gasteiger partial charge is 0.372 e. The molecule has 2 heterocycles. The molecule has 3 rings (SSSR count). The molecule has 1 N–H and O–H groups in total. The molecular formula is C16H17N3O3. The molecule has 1 aliphatic heterocycles. The third kappa shape index (κ3) is 2.42. The van der Waals surface area contributed by atoms with Crippen LogP contribution in [0.3, 0.4) is 0 Å². The van der Waals surface area contributed by atoms with Crippen molar-refractivity contribution in [2.75, 3.05) is 5.32 Å². The lowest BCUT2D eigenvalue weighted by Crippen LogP contribution is -2.31. The van der Waals surface area contributed by atoms with Crippen LogP contribution < -0.4 is 10.9 Å². The van der Waals surface area contributed by atoms with Crippen LogP contribution in [0.25, 0.3) is 0 Å². The number of anilines is 1. The number of nitrogens with zero attached hydrogens (tertiary/aromatic N) is 2. The van der Waals surface area contributed by atoms with Crippen molar-refractivity contribution in [2.45, 2.75) is 27.1 Å². The first-order chi connectivity index (χ1) is 10.5. The van der Waals surface area contributed by atoms with Crippen molar-refractivity contribution >= 4 is 11.6 Å². The Hall–Kier alpha value is -2.47. The third-order valence-corrected chi connectivity index (χ3v) is 3.93. The van der Waals surface area contributed by atoms with Gasteiger partial charge in [0.1, 0.15) is 5.56 Å². The zero-order valence-electron chi connectivity index (χ0n) is 12.8. The number of amides is 1. The highest BCUT2D eigenvalue weighted by Crippen LogP contribution is 2.23. The molecule has 1 aliphatic rings. The standard InChI is InChI=1S/C16H17N3O3/c1-9-10(2)18-19(3)16(21)14(9)15(20)17-13-5-4-11-7-22-8-12(11)6-13/h4-6H,7-8H2,1-3H3,(H,17,20). The monoisotopic (exact) mass is 299 g/mol. The number of carbonyl (C=O) groups is 1. The van der Waals surface area contributed by atoms with E-state index in [-0.39, 0.29) is 5.56 Å². The molecule has 114 valence electrons. The number of fused-ring (bicyclic) bond motifs is 1. The second-order valence-electron chi connectivity index (χ2n) is 5.44. The summed E-state index contributed by atoms with van der Waals surface area (Å²) in [4.78, 5) is 24.7. The molecule has 6 nitrogen and oxygen atoms in total. The molecule has 22 heavy (non-hydrogen) atoms. The van der Waals surface area contributed by atoms with E-state index in [4.69, 9.17) is 4.74 Å². The van der Waals surface area contributed by atoms with Gasteiger partial charge in [-0.3, -0.25) is 9.59 Å². The van der Waals surface area contributed by atoms with Gasteiger partial charge in [-0.25, -0.2) is 4.68 Å². The van der Waals surface area contributed by atoms with E-state index in [0.717, 1.165) is 11.1 Å². The van der Waals surface area contributed by atoms with Gasteiger partial charge in [0.2, 0.25) is 0 Å². The first-order valence-electron chi connectivity index (χ1n) is 7.03. The number of rotatable bonds is 2. The van der Waals surface area contributed by atoms with E-state index in [1.165, 1.54) is 11.7 Å². The number of nitrogens with one attached hydrogen (secondary N) is 1. The van der Waals surface area contributed by atoms with Gasteiger partial charge in [-0.15, -0.1) is 0 Å². The van der Waals surface area contributed by atoms with Gasteiger partial charge in [-0.05, 0) is 42.7 Å². The quantitative estimate of drug-likeness (QED) is 0.915. The Morgan fingerprint density at radius 2 is 2.00 bits per heavy atom. The number of benzene rings is 1. The summed E-state index contributed by atoms with van der Waals surface area (Å²) in [7, 11) is 1.54. The molecule has 0 spiro atoms. The number of ether oxygens (including phenoxy) is 1. The lowest BCUT2D eigenvalue weighted by atomic mass is 10.1. The topological polar surface area (TPSA) is 73.2 Å². The van der Waals surface area contributed by atoms with E-state index < -0.39 is 11.5 Å². The number of carbonyl (C=O) groups excluding carboxylic acids is 1. The summed E-state index contributed by atoms with van der Waals surface area (Å²) >= 11 is 0. The second-order valence-corrected chi connectivity index (χ2v) is 5.44. The minimum Gasteiger partial charge on any atom is -0.372 e. The highest BCUT2D eigenvalue weighted by molar-refractivity contribution is 6.05. The van der Waals surface area contributed by atoms with Crippen LogP contribution in [0.1, 0.15) is 32.7 Å². The SMILES string of the molecule is Cc1nn(C)c(=O)c(C(=O)Nc2ccc3c(c2)COC3)c1C. The Bertz CT molecular complexity index is 824. The van der Waals surface area contributed by atoms with Crippen LogP contribution in [-0.4, -0.2) is 15.7 Å². The van der Waals surface area contributed by atoms with Crippen LogP contribution in [0.2, 0.25) is 0 Å². The summed E-state index contributed by atoms with van der Waals surface area (Å²) < 4.78 is 6.54. The predicted molar refractivity (Wildman–Crippen MR) is 81.8 cm³/mol. The van der Waals surface area contributed by atoms with Crippen LogP contribution >= 0.6 is 0 Å². The summed E-state index contributed by atoms with van der Waals surface area (Å²) in [5, 5.41) is 6.87. The summed E-state index contributed by atoms with van der Waals surface area (Å²) in [5.41, 5.74) is 3.85. The summed E-state index contributed by atoms with van der Waals surface area (Å²) in [6, 6.07) is 5.63. The minimum atomic E-state index is -0.414. The zero-order valence-corrected chi connectivity index (χ0v) is 12.8. The molecule has 0 radical (unpaired) electrons. The van der Waals surface area contributed by atoms with Crippen molar-refractivity contribution in [3.63, 3.8) is 0 Å². The molecular weight excluding hydrogens is 282 g/mol. The van der Waals surface area contributed by atoms with Crippen molar-refractivity contribution in [1.29, 1.82) is 0 Å². The minimum absolute atomic E-state index is 0.131. The van der Waals surface area contributed by atoms with Gasteiger partial charge >= 0.3 is 0 Å². The molecule has 0 fully saturated rings. The molecule has 6 heteroatoms. The summed E-state index contributed by atoms with van der Waals surface area (Å²) in [6.45, 7) is 4.66. The average Bonchev–Trinajstić information content (AvgIpc) is 2.93. The first-order valence-corrected chi connectivity index (χ1v) is 7.03. The van der Waals surface area contributed by atoms with Gasteiger partial charge in [0.05, 0.1) is 18.9 Å². The van der Waals surface area contributed by atoms with Gasteiger partial charge in [0.25, 0.3) is 11.5 Å². The maximum Gasteiger partial charge on any atom is 0.279 e. The second kappa shape index (κ2) is 5.38. The van der Waals surface area contributed by atoms with Crippen molar-refractivity contribution in [2.24, 2.45) is 7.05 Å². The average molecular weight is 299 g/mol. The summed E-state index contributed by atoms with van der Waals surface area (Å²) in [6.07, 6.45) is 0. The van der Waals surface area contributed by atoms with Crippen molar-refractivity contribution in [3.05, 3.63) is 56.5 Å². The van der Waals surface area contributed by atoms with Gasteiger partial charge in [0.15, 0.2) is 0 Å². The van der Waals surface area contributed by atoms with Crippen LogP contribution in [0.4, 0.5) is 5.69 Å². The fourth-order valence-corrected chi connectivity index (χ4v) is 2.56. The van der Waals surface area contributed by atoms with E-state index in [1.807, 2.05) is 18.2 Å². The zero-order chi connectivity index (χ0) is 15.9. The molecule has 0 atom stereocenters. The van der Waals surface area contributed by atoms with E-state index in [9.17, 15) is 9.59 Å². The summed E-state index contributed by atoms with van der Waals surface area (Å²) in [5.74, 6) is -0.414. The van der Waals surface area contributed by atoms with Crippen LogP contribution in [0, 0.1) is 13.8 Å². The predicted octanol–water partition coefficient (Wildman–Crippen LogP) is 1.68. The molecule has 1 aromatic heterocycles. The molecule has 0 aliphatic carbocycles. The van der Waals surface area contributed by atoms with Gasteiger partial charge in [-0.2, -0.15) is 5.10 Å². The Kier molecular flexibility index (Phi) is 3.54. The van der Waals surface area contributed by atoms with Crippen molar-refractivity contribution in [1.82, 2.24) is 9.78 Å². The maximum absolute atomic E-state index is 12.5. The smallest absolute Gasteiger partial charge is 0.279 e. The van der Waals surface area contributed by atoms with E-state index in [2.05, 4.69) is 10.4 Å². The Balaban J connectivity index is 1.94. The molecule has 0 saturated heterocycles. The number of hydrogen-bond acceptors (Lipinski definition) is 4. The molecule has 0 bridgehead atoms. The van der Waals surface area contributed by atoms with E-state index >= 15 is 0 Å². The lowest BCUT2D eigenvalue weighted by Gasteiger charge is -2.11. The van der Waals surface area contributed by atoms with Crippen LogP contribution in [0.15, 0.2) is 23.0 Å². The Labute approximate surface area is 127 Å².